The van der Waals surface area contributed by atoms with Crippen LogP contribution in [0.1, 0.15) is 17.5 Å². The lowest BCUT2D eigenvalue weighted by Gasteiger charge is -2.22. The van der Waals surface area contributed by atoms with E-state index < -0.39 is 5.54 Å². The molecule has 1 heterocycles. The summed E-state index contributed by atoms with van der Waals surface area (Å²) in [5, 5.41) is 0.791. The minimum absolute atomic E-state index is 0.275. The first-order valence-corrected chi connectivity index (χ1v) is 6.80. The van der Waals surface area contributed by atoms with Crippen LogP contribution in [0.5, 0.6) is 0 Å². The number of aromatic nitrogens is 1. The second-order valence-electron chi connectivity index (χ2n) is 4.70. The maximum atomic E-state index is 13.2. The van der Waals surface area contributed by atoms with E-state index in [2.05, 4.69) is 4.98 Å². The molecule has 0 aliphatic rings. The van der Waals surface area contributed by atoms with Gasteiger partial charge in [-0.25, -0.2) is 9.37 Å². The van der Waals surface area contributed by atoms with Crippen LogP contribution in [0.15, 0.2) is 48.5 Å². The summed E-state index contributed by atoms with van der Waals surface area (Å²) in [5.74, 6) is -0.275. The molecule has 4 heteroatoms. The van der Waals surface area contributed by atoms with E-state index in [9.17, 15) is 4.39 Å². The predicted octanol–water partition coefficient (Wildman–Crippen LogP) is 3.66. The number of hydrogen-bond donors (Lipinski definition) is 1. The molecule has 2 aromatic carbocycles. The van der Waals surface area contributed by atoms with Gasteiger partial charge in [0.2, 0.25) is 0 Å². The van der Waals surface area contributed by atoms with Crippen molar-refractivity contribution >= 4 is 21.6 Å². The van der Waals surface area contributed by atoms with Crippen LogP contribution < -0.4 is 5.73 Å². The van der Waals surface area contributed by atoms with E-state index in [4.69, 9.17) is 5.73 Å². The van der Waals surface area contributed by atoms with Gasteiger partial charge in [-0.3, -0.25) is 0 Å². The zero-order valence-electron chi connectivity index (χ0n) is 10.4. The summed E-state index contributed by atoms with van der Waals surface area (Å²) < 4.78 is 14.1. The third-order valence-electron chi connectivity index (χ3n) is 3.17. The van der Waals surface area contributed by atoms with Gasteiger partial charge in [0.1, 0.15) is 10.8 Å². The fraction of sp³-hybridized carbons (Fsp3) is 0.133. The SMILES string of the molecule is CC(N)(c1ccccc1)c1nc2cc(F)ccc2s1. The van der Waals surface area contributed by atoms with E-state index in [1.807, 2.05) is 37.3 Å². The fourth-order valence-electron chi connectivity index (χ4n) is 2.03. The fourth-order valence-corrected chi connectivity index (χ4v) is 3.06. The first-order chi connectivity index (χ1) is 9.07. The van der Waals surface area contributed by atoms with Gasteiger partial charge in [-0.15, -0.1) is 11.3 Å². The lowest BCUT2D eigenvalue weighted by molar-refractivity contribution is 0.599. The van der Waals surface area contributed by atoms with Crippen molar-refractivity contribution in [3.8, 4) is 0 Å². The zero-order valence-corrected chi connectivity index (χ0v) is 11.2. The Morgan fingerprint density at radius 1 is 1.16 bits per heavy atom. The molecule has 1 atom stereocenters. The van der Waals surface area contributed by atoms with Gasteiger partial charge in [0.05, 0.1) is 15.8 Å². The Bertz CT molecular complexity index is 719. The third kappa shape index (κ3) is 2.13. The lowest BCUT2D eigenvalue weighted by atomic mass is 9.94. The number of benzene rings is 2. The topological polar surface area (TPSA) is 38.9 Å². The Balaban J connectivity index is 2.13. The Kier molecular flexibility index (Phi) is 2.84. The van der Waals surface area contributed by atoms with E-state index in [0.29, 0.717) is 5.52 Å². The summed E-state index contributed by atoms with van der Waals surface area (Å²) in [5.41, 5.74) is 7.40. The van der Waals surface area contributed by atoms with Gasteiger partial charge in [-0.1, -0.05) is 30.3 Å². The molecule has 0 bridgehead atoms. The number of hydrogen-bond acceptors (Lipinski definition) is 3. The average molecular weight is 272 g/mol. The maximum Gasteiger partial charge on any atom is 0.125 e. The van der Waals surface area contributed by atoms with Gasteiger partial charge >= 0.3 is 0 Å². The van der Waals surface area contributed by atoms with Gasteiger partial charge in [0, 0.05) is 6.07 Å². The minimum Gasteiger partial charge on any atom is -0.316 e. The van der Waals surface area contributed by atoms with Crippen LogP contribution in [0.2, 0.25) is 0 Å². The highest BCUT2D eigenvalue weighted by molar-refractivity contribution is 7.18. The maximum absolute atomic E-state index is 13.2. The van der Waals surface area contributed by atoms with Crippen molar-refractivity contribution in [2.24, 2.45) is 5.73 Å². The van der Waals surface area contributed by atoms with E-state index in [-0.39, 0.29) is 5.82 Å². The number of nitrogens with zero attached hydrogens (tertiary/aromatic N) is 1. The Morgan fingerprint density at radius 3 is 2.63 bits per heavy atom. The largest absolute Gasteiger partial charge is 0.316 e. The molecule has 0 fully saturated rings. The van der Waals surface area contributed by atoms with Gasteiger partial charge in [0.25, 0.3) is 0 Å². The first kappa shape index (κ1) is 12.3. The monoisotopic (exact) mass is 272 g/mol. The summed E-state index contributed by atoms with van der Waals surface area (Å²) in [7, 11) is 0. The molecular weight excluding hydrogens is 259 g/mol. The van der Waals surface area contributed by atoms with E-state index in [0.717, 1.165) is 15.3 Å². The quantitative estimate of drug-likeness (QED) is 0.773. The summed E-state index contributed by atoms with van der Waals surface area (Å²) in [6.07, 6.45) is 0. The van der Waals surface area contributed by atoms with Crippen LogP contribution >= 0.6 is 11.3 Å². The zero-order chi connectivity index (χ0) is 13.5. The van der Waals surface area contributed by atoms with E-state index >= 15 is 0 Å². The third-order valence-corrected chi connectivity index (χ3v) is 4.44. The molecule has 2 N–H and O–H groups in total. The molecule has 0 radical (unpaired) electrons. The second-order valence-corrected chi connectivity index (χ2v) is 5.73. The molecule has 0 spiro atoms. The van der Waals surface area contributed by atoms with Crippen molar-refractivity contribution in [2.75, 3.05) is 0 Å². The number of rotatable bonds is 2. The van der Waals surface area contributed by atoms with E-state index in [1.54, 1.807) is 6.07 Å². The number of thiazole rings is 1. The molecule has 3 aromatic rings. The summed E-state index contributed by atoms with van der Waals surface area (Å²) >= 11 is 1.50. The van der Waals surface area contributed by atoms with Crippen LogP contribution in [-0.4, -0.2) is 4.98 Å². The second kappa shape index (κ2) is 4.40. The highest BCUT2D eigenvalue weighted by Crippen LogP contribution is 2.33. The molecule has 2 nitrogen and oxygen atoms in total. The number of nitrogens with two attached hydrogens (primary N) is 1. The Labute approximate surface area is 114 Å². The summed E-state index contributed by atoms with van der Waals surface area (Å²) in [6.45, 7) is 1.93. The Morgan fingerprint density at radius 2 is 1.89 bits per heavy atom. The smallest absolute Gasteiger partial charge is 0.125 e. The molecule has 3 rings (SSSR count). The van der Waals surface area contributed by atoms with Crippen LogP contribution in [0, 0.1) is 5.82 Å². The molecule has 19 heavy (non-hydrogen) atoms. The molecule has 0 aliphatic carbocycles. The highest BCUT2D eigenvalue weighted by Gasteiger charge is 2.27. The first-order valence-electron chi connectivity index (χ1n) is 5.98. The standard InChI is InChI=1S/C15H13FN2S/c1-15(17,10-5-3-2-4-6-10)14-18-12-9-11(16)7-8-13(12)19-14/h2-9H,17H2,1H3. The molecule has 96 valence electrons. The normalized spacial score (nSPS) is 14.5. The average Bonchev–Trinajstić information content (AvgIpc) is 2.83. The van der Waals surface area contributed by atoms with Gasteiger partial charge in [-0.05, 0) is 24.6 Å². The van der Waals surface area contributed by atoms with Crippen molar-refractivity contribution in [1.29, 1.82) is 0 Å². The van der Waals surface area contributed by atoms with E-state index in [1.165, 1.54) is 23.5 Å². The lowest BCUT2D eigenvalue weighted by Crippen LogP contribution is -2.34. The molecule has 1 unspecified atom stereocenters. The molecule has 0 aliphatic heterocycles. The van der Waals surface area contributed by atoms with Crippen LogP contribution in [0.25, 0.3) is 10.2 Å². The Hall–Kier alpha value is -1.78. The van der Waals surface area contributed by atoms with Gasteiger partial charge < -0.3 is 5.73 Å². The van der Waals surface area contributed by atoms with Crippen molar-refractivity contribution < 1.29 is 4.39 Å². The molecule has 0 saturated carbocycles. The predicted molar refractivity (Wildman–Crippen MR) is 76.7 cm³/mol. The van der Waals surface area contributed by atoms with Crippen LogP contribution in [-0.2, 0) is 5.54 Å². The van der Waals surface area contributed by atoms with Gasteiger partial charge in [-0.2, -0.15) is 0 Å². The number of fused-ring (bicyclic) bond motifs is 1. The summed E-state index contributed by atoms with van der Waals surface area (Å²) in [4.78, 5) is 4.48. The van der Waals surface area contributed by atoms with Gasteiger partial charge in [0.15, 0.2) is 0 Å². The minimum atomic E-state index is -0.665. The molecule has 1 aromatic heterocycles. The van der Waals surface area contributed by atoms with Crippen LogP contribution in [0.3, 0.4) is 0 Å². The molecule has 0 amide bonds. The van der Waals surface area contributed by atoms with Crippen molar-refractivity contribution in [3.05, 3.63) is 64.9 Å². The molecular formula is C15H13FN2S. The summed E-state index contributed by atoms with van der Waals surface area (Å²) in [6, 6.07) is 14.4. The van der Waals surface area contributed by atoms with Crippen LogP contribution in [0.4, 0.5) is 4.39 Å². The van der Waals surface area contributed by atoms with Crippen molar-refractivity contribution in [1.82, 2.24) is 4.98 Å². The van der Waals surface area contributed by atoms with Crippen molar-refractivity contribution in [2.45, 2.75) is 12.5 Å². The highest BCUT2D eigenvalue weighted by atomic mass is 32.1. The number of halogens is 1. The molecule has 0 saturated heterocycles. The van der Waals surface area contributed by atoms with Crippen molar-refractivity contribution in [3.63, 3.8) is 0 Å².